The van der Waals surface area contributed by atoms with Crippen LogP contribution in [-0.4, -0.2) is 41.3 Å². The fourth-order valence-corrected chi connectivity index (χ4v) is 3.85. The molecule has 0 unspecified atom stereocenters. The van der Waals surface area contributed by atoms with Gasteiger partial charge in [-0.15, -0.1) is 0 Å². The van der Waals surface area contributed by atoms with Gasteiger partial charge in [0.05, 0.1) is 7.11 Å². The van der Waals surface area contributed by atoms with E-state index >= 15 is 0 Å². The van der Waals surface area contributed by atoms with Crippen LogP contribution in [0.25, 0.3) is 0 Å². The lowest BCUT2D eigenvalue weighted by molar-refractivity contribution is -0.128. The highest BCUT2D eigenvalue weighted by Crippen LogP contribution is 2.32. The number of halogens is 1. The third-order valence-corrected chi connectivity index (χ3v) is 5.95. The summed E-state index contributed by atoms with van der Waals surface area (Å²) in [6.45, 7) is 1.89. The Kier molecular flexibility index (Phi) is 6.26. The number of methoxy groups -OCH3 is 1. The minimum atomic E-state index is -0.586. The molecule has 1 atom stereocenters. The number of carbonyl (C=O) groups is 2. The van der Waals surface area contributed by atoms with Crippen LogP contribution in [0.3, 0.4) is 0 Å². The van der Waals surface area contributed by atoms with E-state index in [2.05, 4.69) is 10.3 Å². The van der Waals surface area contributed by atoms with E-state index in [9.17, 15) is 9.59 Å². The predicted molar refractivity (Wildman–Crippen MR) is 114 cm³/mol. The van der Waals surface area contributed by atoms with Crippen molar-refractivity contribution in [1.82, 2.24) is 4.90 Å². The summed E-state index contributed by atoms with van der Waals surface area (Å²) in [6.07, 6.45) is 0.0948. The van der Waals surface area contributed by atoms with E-state index in [4.69, 9.17) is 16.3 Å². The first-order valence-corrected chi connectivity index (χ1v) is 9.86. The van der Waals surface area contributed by atoms with Gasteiger partial charge in [-0.1, -0.05) is 41.6 Å². The summed E-state index contributed by atoms with van der Waals surface area (Å²) in [5.41, 5.74) is 2.11. The first-order chi connectivity index (χ1) is 13.4. The normalized spacial score (nSPS) is 18.3. The lowest BCUT2D eigenvalue weighted by Gasteiger charge is -2.29. The number of benzene rings is 2. The van der Waals surface area contributed by atoms with E-state index < -0.39 is 5.25 Å². The Morgan fingerprint density at radius 1 is 1.32 bits per heavy atom. The number of rotatable bonds is 4. The largest absolute Gasteiger partial charge is 0.494 e. The van der Waals surface area contributed by atoms with Crippen LogP contribution in [0.5, 0.6) is 5.75 Å². The van der Waals surface area contributed by atoms with Gasteiger partial charge in [-0.2, -0.15) is 0 Å². The monoisotopic (exact) mass is 417 g/mol. The highest BCUT2D eigenvalue weighted by Gasteiger charge is 2.34. The lowest BCUT2D eigenvalue weighted by atomic mass is 10.2. The summed E-state index contributed by atoms with van der Waals surface area (Å²) >= 11 is 7.37. The zero-order valence-electron chi connectivity index (χ0n) is 15.7. The molecule has 0 aliphatic carbocycles. The number of aliphatic imine (C=N–C) groups is 1. The molecule has 0 spiro atoms. The first-order valence-electron chi connectivity index (χ1n) is 8.61. The average molecular weight is 418 g/mol. The first kappa shape index (κ1) is 20.2. The topological polar surface area (TPSA) is 71.0 Å². The Balaban J connectivity index is 1.81. The van der Waals surface area contributed by atoms with Crippen LogP contribution in [0.4, 0.5) is 11.4 Å². The second-order valence-electron chi connectivity index (χ2n) is 6.28. The molecule has 2 aromatic rings. The molecule has 0 aromatic heterocycles. The van der Waals surface area contributed by atoms with Crippen LogP contribution in [0, 0.1) is 6.92 Å². The van der Waals surface area contributed by atoms with Crippen LogP contribution in [0.2, 0.25) is 5.02 Å². The van der Waals surface area contributed by atoms with Crippen LogP contribution in [-0.2, 0) is 9.59 Å². The van der Waals surface area contributed by atoms with Crippen molar-refractivity contribution in [3.8, 4) is 5.75 Å². The molecule has 2 aromatic carbocycles. The quantitative estimate of drug-likeness (QED) is 0.807. The van der Waals surface area contributed by atoms with Gasteiger partial charge in [-0.05, 0) is 36.8 Å². The van der Waals surface area contributed by atoms with Gasteiger partial charge in [-0.3, -0.25) is 14.5 Å². The SMILES string of the molecule is COc1ccccc1N=C1S[C@H](C(=O)Nc2ccc(C)c(Cl)c2)CC(=O)N1C. The molecule has 3 rings (SSSR count). The Morgan fingerprint density at radius 2 is 2.07 bits per heavy atom. The van der Waals surface area contributed by atoms with E-state index in [1.807, 2.05) is 25.1 Å². The zero-order chi connectivity index (χ0) is 20.3. The van der Waals surface area contributed by atoms with Gasteiger partial charge in [0.1, 0.15) is 16.7 Å². The number of aryl methyl sites for hydroxylation is 1. The summed E-state index contributed by atoms with van der Waals surface area (Å²) in [7, 11) is 3.21. The van der Waals surface area contributed by atoms with Gasteiger partial charge < -0.3 is 10.1 Å². The number of anilines is 1. The summed E-state index contributed by atoms with van der Waals surface area (Å²) in [5, 5.41) is 3.26. The van der Waals surface area contributed by atoms with E-state index in [0.29, 0.717) is 27.3 Å². The molecule has 1 fully saturated rings. The fraction of sp³-hybridized carbons (Fsp3) is 0.250. The van der Waals surface area contributed by atoms with Gasteiger partial charge in [0.15, 0.2) is 5.17 Å². The predicted octanol–water partition coefficient (Wildman–Crippen LogP) is 4.25. The van der Waals surface area contributed by atoms with Crippen LogP contribution in [0.1, 0.15) is 12.0 Å². The molecular weight excluding hydrogens is 398 g/mol. The molecule has 0 radical (unpaired) electrons. The third kappa shape index (κ3) is 4.48. The maximum Gasteiger partial charge on any atom is 0.238 e. The van der Waals surface area contributed by atoms with Crippen molar-refractivity contribution in [3.05, 3.63) is 53.1 Å². The summed E-state index contributed by atoms with van der Waals surface area (Å²) in [4.78, 5) is 31.1. The van der Waals surface area contributed by atoms with Crippen LogP contribution in [0.15, 0.2) is 47.5 Å². The molecule has 1 heterocycles. The van der Waals surface area contributed by atoms with Crippen molar-refractivity contribution >= 4 is 51.7 Å². The number of thioether (sulfide) groups is 1. The number of amides is 2. The van der Waals surface area contributed by atoms with Crippen molar-refractivity contribution < 1.29 is 14.3 Å². The maximum absolute atomic E-state index is 12.7. The van der Waals surface area contributed by atoms with Crippen molar-refractivity contribution in [2.75, 3.05) is 19.5 Å². The Morgan fingerprint density at radius 3 is 2.79 bits per heavy atom. The molecule has 8 heteroatoms. The standard InChI is InChI=1S/C20H20ClN3O3S/c1-12-8-9-13(10-14(12)21)22-19(26)17-11-18(25)24(2)20(28-17)23-15-6-4-5-7-16(15)27-3/h4-10,17H,11H2,1-3H3,(H,22,26)/t17-/m0/s1. The molecule has 28 heavy (non-hydrogen) atoms. The van der Waals surface area contributed by atoms with Gasteiger partial charge in [-0.25, -0.2) is 4.99 Å². The van der Waals surface area contributed by atoms with Crippen molar-refractivity contribution in [3.63, 3.8) is 0 Å². The second-order valence-corrected chi connectivity index (χ2v) is 7.86. The summed E-state index contributed by atoms with van der Waals surface area (Å²) in [5.74, 6) is 0.158. The summed E-state index contributed by atoms with van der Waals surface area (Å²) < 4.78 is 5.31. The lowest BCUT2D eigenvalue weighted by Crippen LogP contribution is -2.43. The number of ether oxygens (including phenoxy) is 1. The minimum Gasteiger partial charge on any atom is -0.494 e. The molecule has 1 saturated heterocycles. The number of hydrogen-bond acceptors (Lipinski definition) is 5. The number of hydrogen-bond donors (Lipinski definition) is 1. The van der Waals surface area contributed by atoms with Crippen molar-refractivity contribution in [1.29, 1.82) is 0 Å². The number of carbonyl (C=O) groups excluding carboxylic acids is 2. The fourth-order valence-electron chi connectivity index (χ4n) is 2.62. The molecule has 6 nitrogen and oxygen atoms in total. The number of para-hydroxylation sites is 2. The van der Waals surface area contributed by atoms with E-state index in [0.717, 1.165) is 5.56 Å². The Hall–Kier alpha value is -2.51. The number of nitrogens with zero attached hydrogens (tertiary/aromatic N) is 2. The molecular formula is C20H20ClN3O3S. The second kappa shape index (κ2) is 8.67. The van der Waals surface area contributed by atoms with Gasteiger partial charge in [0, 0.05) is 24.2 Å². The maximum atomic E-state index is 12.7. The minimum absolute atomic E-state index is 0.0948. The number of nitrogens with one attached hydrogen (secondary N) is 1. The molecule has 1 N–H and O–H groups in total. The van der Waals surface area contributed by atoms with E-state index in [1.54, 1.807) is 38.4 Å². The van der Waals surface area contributed by atoms with E-state index in [1.165, 1.54) is 16.7 Å². The zero-order valence-corrected chi connectivity index (χ0v) is 17.3. The Bertz CT molecular complexity index is 948. The highest BCUT2D eigenvalue weighted by atomic mass is 35.5. The molecule has 0 saturated carbocycles. The summed E-state index contributed by atoms with van der Waals surface area (Å²) in [6, 6.07) is 12.6. The third-order valence-electron chi connectivity index (χ3n) is 4.30. The van der Waals surface area contributed by atoms with Gasteiger partial charge in [0.2, 0.25) is 11.8 Å². The van der Waals surface area contributed by atoms with Crippen LogP contribution < -0.4 is 10.1 Å². The van der Waals surface area contributed by atoms with Crippen molar-refractivity contribution in [2.45, 2.75) is 18.6 Å². The van der Waals surface area contributed by atoms with Crippen molar-refractivity contribution in [2.24, 2.45) is 4.99 Å². The average Bonchev–Trinajstić information content (AvgIpc) is 2.68. The van der Waals surface area contributed by atoms with Gasteiger partial charge in [0.25, 0.3) is 0 Å². The Labute approximate surface area is 172 Å². The molecule has 2 amide bonds. The molecule has 0 bridgehead atoms. The van der Waals surface area contributed by atoms with Gasteiger partial charge >= 0.3 is 0 Å². The molecule has 1 aliphatic heterocycles. The van der Waals surface area contributed by atoms with Crippen LogP contribution >= 0.6 is 23.4 Å². The molecule has 1 aliphatic rings. The molecule has 146 valence electrons. The van der Waals surface area contributed by atoms with E-state index in [-0.39, 0.29) is 18.2 Å². The highest BCUT2D eigenvalue weighted by molar-refractivity contribution is 8.15. The smallest absolute Gasteiger partial charge is 0.238 e. The number of amidine groups is 1.